The molecule has 6 heteroatoms. The highest BCUT2D eigenvalue weighted by molar-refractivity contribution is 6.24. The average molecular weight is 531 g/mol. The average Bonchev–Trinajstić information content (AvgIpc) is 3.33. The Morgan fingerprint density at radius 3 is 1.88 bits per heavy atom. The molecule has 2 saturated carbocycles. The van der Waals surface area contributed by atoms with E-state index in [9.17, 15) is 20.1 Å². The molecule has 202 valence electrons. The number of rotatable bonds is 6. The summed E-state index contributed by atoms with van der Waals surface area (Å²) in [7, 11) is 0. The fourth-order valence-electron chi connectivity index (χ4n) is 7.27. The van der Waals surface area contributed by atoms with Gasteiger partial charge >= 0.3 is 0 Å². The van der Waals surface area contributed by atoms with Gasteiger partial charge in [-0.25, -0.2) is 0 Å². The molecule has 2 amide bonds. The smallest absolute Gasteiger partial charge is 0.255 e. The topological polar surface area (TPSA) is 111 Å². The zero-order valence-electron chi connectivity index (χ0n) is 22.7. The van der Waals surface area contributed by atoms with Crippen molar-refractivity contribution in [1.29, 1.82) is 10.5 Å². The second-order valence-corrected chi connectivity index (χ2v) is 11.9. The molecule has 2 fully saturated rings. The summed E-state index contributed by atoms with van der Waals surface area (Å²) in [5, 5.41) is 20.7. The Hall–Kier alpha value is -4.16. The molecule has 3 aliphatic carbocycles. The van der Waals surface area contributed by atoms with Gasteiger partial charge < -0.3 is 10.6 Å². The number of fused-ring (bicyclic) bond motifs is 3. The number of nitrogens with two attached hydrogens (primary N) is 1. The summed E-state index contributed by atoms with van der Waals surface area (Å²) in [6, 6.07) is 20.7. The summed E-state index contributed by atoms with van der Waals surface area (Å²) in [6.45, 7) is 1.21. The first-order chi connectivity index (χ1) is 19.5. The Labute approximate surface area is 235 Å². The van der Waals surface area contributed by atoms with Crippen molar-refractivity contribution in [3.8, 4) is 34.4 Å². The lowest BCUT2D eigenvalue weighted by Crippen LogP contribution is -2.41. The lowest BCUT2D eigenvalue weighted by molar-refractivity contribution is 0.0653. The largest absolute Gasteiger partial charge is 0.366 e. The summed E-state index contributed by atoms with van der Waals surface area (Å²) < 4.78 is 0. The van der Waals surface area contributed by atoms with Crippen molar-refractivity contribution in [2.24, 2.45) is 29.4 Å². The fourth-order valence-corrected chi connectivity index (χ4v) is 7.27. The molecule has 0 aromatic heterocycles. The third-order valence-electron chi connectivity index (χ3n) is 9.43. The molecular formula is C34H34N4O2. The predicted octanol–water partition coefficient (Wildman–Crippen LogP) is 6.69. The van der Waals surface area contributed by atoms with E-state index < -0.39 is 5.91 Å². The van der Waals surface area contributed by atoms with Gasteiger partial charge in [0.15, 0.2) is 0 Å². The summed E-state index contributed by atoms with van der Waals surface area (Å²) in [5.74, 6) is 0.0941. The molecule has 0 saturated heterocycles. The van der Waals surface area contributed by atoms with Crippen LogP contribution in [0.15, 0.2) is 48.5 Å². The highest BCUT2D eigenvalue weighted by Gasteiger charge is 2.35. The van der Waals surface area contributed by atoms with Crippen molar-refractivity contribution >= 4 is 22.6 Å². The van der Waals surface area contributed by atoms with Crippen LogP contribution in [0, 0.1) is 46.3 Å². The van der Waals surface area contributed by atoms with Crippen molar-refractivity contribution in [3.05, 3.63) is 59.7 Å². The van der Waals surface area contributed by atoms with Crippen LogP contribution < -0.4 is 5.73 Å². The van der Waals surface area contributed by atoms with Gasteiger partial charge in [-0.2, -0.15) is 10.5 Å². The molecule has 0 atom stereocenters. The number of hydrogen-bond acceptors (Lipinski definition) is 4. The third-order valence-corrected chi connectivity index (χ3v) is 9.43. The minimum Gasteiger partial charge on any atom is -0.366 e. The van der Waals surface area contributed by atoms with Gasteiger partial charge in [0.25, 0.3) is 5.91 Å². The first-order valence-corrected chi connectivity index (χ1v) is 14.6. The van der Waals surface area contributed by atoms with E-state index in [1.165, 1.54) is 0 Å². The Morgan fingerprint density at radius 1 is 0.775 bits per heavy atom. The number of amides is 2. The Balaban J connectivity index is 1.43. The van der Waals surface area contributed by atoms with Gasteiger partial charge in [0.05, 0.1) is 23.3 Å². The Morgan fingerprint density at radius 2 is 1.32 bits per heavy atom. The molecule has 0 spiro atoms. The van der Waals surface area contributed by atoms with Crippen LogP contribution in [0.2, 0.25) is 0 Å². The number of benzene rings is 3. The molecule has 0 radical (unpaired) electrons. The summed E-state index contributed by atoms with van der Waals surface area (Å²) >= 11 is 0. The molecule has 0 heterocycles. The van der Waals surface area contributed by atoms with E-state index in [0.29, 0.717) is 30.5 Å². The molecule has 6 rings (SSSR count). The van der Waals surface area contributed by atoms with Gasteiger partial charge in [-0.15, -0.1) is 0 Å². The highest BCUT2D eigenvalue weighted by atomic mass is 16.2. The number of primary amides is 1. The summed E-state index contributed by atoms with van der Waals surface area (Å²) in [5.41, 5.74) is 10.6. The normalized spacial score (nSPS) is 23.1. The maximum absolute atomic E-state index is 14.7. The van der Waals surface area contributed by atoms with E-state index in [0.717, 1.165) is 84.4 Å². The number of hydrogen-bond donors (Lipinski definition) is 1. The molecular weight excluding hydrogens is 496 g/mol. The zero-order valence-corrected chi connectivity index (χ0v) is 22.7. The van der Waals surface area contributed by atoms with Gasteiger partial charge in [-0.05, 0) is 96.7 Å². The summed E-state index contributed by atoms with van der Waals surface area (Å²) in [4.78, 5) is 29.6. The number of nitriles is 2. The highest BCUT2D eigenvalue weighted by Crippen LogP contribution is 2.50. The molecule has 40 heavy (non-hydrogen) atoms. The van der Waals surface area contributed by atoms with E-state index in [4.69, 9.17) is 5.73 Å². The van der Waals surface area contributed by atoms with Crippen LogP contribution in [0.3, 0.4) is 0 Å². The van der Waals surface area contributed by atoms with Crippen molar-refractivity contribution in [2.75, 3.05) is 13.1 Å². The predicted molar refractivity (Wildman–Crippen MR) is 155 cm³/mol. The first kappa shape index (κ1) is 26.1. The van der Waals surface area contributed by atoms with Crippen molar-refractivity contribution in [2.45, 2.75) is 51.4 Å². The molecule has 2 N–H and O–H groups in total. The van der Waals surface area contributed by atoms with Crippen LogP contribution in [0.5, 0.6) is 0 Å². The lowest BCUT2D eigenvalue weighted by atomic mass is 9.80. The number of carbonyl (C=O) groups excluding carboxylic acids is 2. The fraction of sp³-hybridized carbons (Fsp3) is 0.412. The molecule has 3 aromatic carbocycles. The van der Waals surface area contributed by atoms with Crippen LogP contribution >= 0.6 is 0 Å². The third kappa shape index (κ3) is 4.62. The van der Waals surface area contributed by atoms with E-state index in [-0.39, 0.29) is 23.3 Å². The SMILES string of the molecule is N#CC1CCC(CN(CC2CCC(C#N)CC2)C(=O)c2c(C(N)=O)cc3cccc4c3c2-c2ccccc2-4)CC1. The molecule has 3 aliphatic rings. The van der Waals surface area contributed by atoms with Crippen molar-refractivity contribution < 1.29 is 9.59 Å². The van der Waals surface area contributed by atoms with Crippen molar-refractivity contribution in [1.82, 2.24) is 4.90 Å². The standard InChI is InChI=1S/C34H34N4O2/c35-17-21-8-12-23(13-9-21)19-38(20-24-14-10-22(18-36)11-15-24)34(40)32-29(33(37)39)16-25-4-3-7-27-26-5-1-2-6-28(26)31(32)30(25)27/h1-7,16,21-24H,8-15,19-20H2,(H2,37,39). The zero-order chi connectivity index (χ0) is 27.8. The lowest BCUT2D eigenvalue weighted by Gasteiger charge is -2.35. The molecule has 3 aromatic rings. The number of carbonyl (C=O) groups is 2. The quantitative estimate of drug-likeness (QED) is 0.299. The second-order valence-electron chi connectivity index (χ2n) is 11.9. The van der Waals surface area contributed by atoms with Gasteiger partial charge in [-0.1, -0.05) is 42.5 Å². The Bertz CT molecular complexity index is 1530. The second kappa shape index (κ2) is 10.8. The van der Waals surface area contributed by atoms with Crippen LogP contribution in [0.1, 0.15) is 72.1 Å². The molecule has 6 nitrogen and oxygen atoms in total. The Kier molecular flexibility index (Phi) is 7.03. The van der Waals surface area contributed by atoms with Crippen LogP contribution in [-0.2, 0) is 0 Å². The van der Waals surface area contributed by atoms with E-state index in [2.05, 4.69) is 24.3 Å². The summed E-state index contributed by atoms with van der Waals surface area (Å²) in [6.07, 6.45) is 7.13. The minimum atomic E-state index is -0.597. The van der Waals surface area contributed by atoms with Gasteiger partial charge in [0.1, 0.15) is 0 Å². The first-order valence-electron chi connectivity index (χ1n) is 14.6. The minimum absolute atomic E-state index is 0.0965. The van der Waals surface area contributed by atoms with Crippen LogP contribution in [-0.4, -0.2) is 29.8 Å². The molecule has 0 aliphatic heterocycles. The van der Waals surface area contributed by atoms with Gasteiger partial charge in [0, 0.05) is 30.5 Å². The number of nitrogens with zero attached hydrogens (tertiary/aromatic N) is 3. The maximum Gasteiger partial charge on any atom is 0.255 e. The van der Waals surface area contributed by atoms with Crippen molar-refractivity contribution in [3.63, 3.8) is 0 Å². The van der Waals surface area contributed by atoms with Crippen LogP contribution in [0.4, 0.5) is 0 Å². The van der Waals surface area contributed by atoms with E-state index in [1.807, 2.05) is 35.2 Å². The monoisotopic (exact) mass is 530 g/mol. The molecule has 0 bridgehead atoms. The van der Waals surface area contributed by atoms with Gasteiger partial charge in [-0.3, -0.25) is 9.59 Å². The van der Waals surface area contributed by atoms with E-state index >= 15 is 0 Å². The van der Waals surface area contributed by atoms with Gasteiger partial charge in [0.2, 0.25) is 5.91 Å². The van der Waals surface area contributed by atoms with Crippen LogP contribution in [0.25, 0.3) is 33.0 Å². The van der Waals surface area contributed by atoms with E-state index in [1.54, 1.807) is 6.07 Å². The maximum atomic E-state index is 14.7. The molecule has 0 unspecified atom stereocenters.